The van der Waals surface area contributed by atoms with E-state index in [4.69, 9.17) is 9.84 Å². The maximum Gasteiger partial charge on any atom is 0.237 e. The van der Waals surface area contributed by atoms with E-state index in [0.717, 1.165) is 42.1 Å². The van der Waals surface area contributed by atoms with Gasteiger partial charge in [-0.15, -0.1) is 10.2 Å². The molecule has 0 unspecified atom stereocenters. The van der Waals surface area contributed by atoms with Gasteiger partial charge in [-0.1, -0.05) is 42.1 Å². The molecule has 1 aliphatic heterocycles. The summed E-state index contributed by atoms with van der Waals surface area (Å²) in [5.41, 5.74) is 4.61. The molecule has 3 heterocycles. The smallest absolute Gasteiger partial charge is 0.237 e. The largest absolute Gasteiger partial charge is 0.497 e. The maximum atomic E-state index is 13.0. The number of carbonyl (C=O) groups is 1. The summed E-state index contributed by atoms with van der Waals surface area (Å²) in [5, 5.41) is 13.7. The van der Waals surface area contributed by atoms with Crippen LogP contribution >= 0.6 is 11.8 Å². The van der Waals surface area contributed by atoms with E-state index >= 15 is 0 Å². The van der Waals surface area contributed by atoms with E-state index in [-0.39, 0.29) is 11.7 Å². The van der Waals surface area contributed by atoms with Crippen LogP contribution in [0.25, 0.3) is 16.9 Å². The molecule has 5 rings (SSSR count). The third kappa shape index (κ3) is 3.86. The van der Waals surface area contributed by atoms with Crippen molar-refractivity contribution < 1.29 is 9.53 Å². The number of amides is 1. The summed E-state index contributed by atoms with van der Waals surface area (Å²) in [6.45, 7) is 0.745. The van der Waals surface area contributed by atoms with Crippen LogP contribution in [0.3, 0.4) is 0 Å². The van der Waals surface area contributed by atoms with Gasteiger partial charge in [0.05, 0.1) is 18.6 Å². The van der Waals surface area contributed by atoms with Gasteiger partial charge in [0.1, 0.15) is 5.75 Å². The van der Waals surface area contributed by atoms with Crippen molar-refractivity contribution in [3.05, 3.63) is 66.2 Å². The van der Waals surface area contributed by atoms with Crippen LogP contribution in [-0.4, -0.2) is 45.1 Å². The van der Waals surface area contributed by atoms with Gasteiger partial charge in [-0.25, -0.2) is 0 Å². The second-order valence-corrected chi connectivity index (χ2v) is 8.21. The predicted octanol–water partition coefficient (Wildman–Crippen LogP) is 3.87. The van der Waals surface area contributed by atoms with Crippen LogP contribution in [0.5, 0.6) is 5.75 Å². The number of benzene rings is 2. The number of aryl methyl sites for hydroxylation is 1. The van der Waals surface area contributed by atoms with Crippen LogP contribution in [-0.2, 0) is 11.2 Å². The minimum absolute atomic E-state index is 0.0675. The van der Waals surface area contributed by atoms with Crippen LogP contribution in [0.1, 0.15) is 12.0 Å². The Kier molecular flexibility index (Phi) is 5.30. The van der Waals surface area contributed by atoms with Gasteiger partial charge < -0.3 is 9.64 Å². The second-order valence-electron chi connectivity index (χ2n) is 7.27. The summed E-state index contributed by atoms with van der Waals surface area (Å²) >= 11 is 1.36. The number of carbonyl (C=O) groups excluding carboxylic acids is 1. The van der Waals surface area contributed by atoms with Crippen LogP contribution in [0, 0.1) is 0 Å². The van der Waals surface area contributed by atoms with Crippen LogP contribution in [0.15, 0.2) is 65.8 Å². The Balaban J connectivity index is 1.37. The summed E-state index contributed by atoms with van der Waals surface area (Å²) in [6.07, 6.45) is 1.99. The molecular weight excluding hydrogens is 410 g/mol. The zero-order valence-electron chi connectivity index (χ0n) is 17.1. The number of fused-ring (bicyclic) bond motifs is 2. The Bertz CT molecular complexity index is 1260. The topological polar surface area (TPSA) is 72.6 Å². The monoisotopic (exact) mass is 431 g/mol. The predicted molar refractivity (Wildman–Crippen MR) is 121 cm³/mol. The normalized spacial score (nSPS) is 13.3. The summed E-state index contributed by atoms with van der Waals surface area (Å²) in [4.78, 5) is 14.8. The molecular formula is C23H21N5O2S. The van der Waals surface area contributed by atoms with Crippen molar-refractivity contribution in [1.29, 1.82) is 0 Å². The fourth-order valence-corrected chi connectivity index (χ4v) is 4.56. The van der Waals surface area contributed by atoms with Crippen LogP contribution in [0.2, 0.25) is 0 Å². The maximum absolute atomic E-state index is 13.0. The van der Waals surface area contributed by atoms with Gasteiger partial charge in [0.2, 0.25) is 11.1 Å². The first-order valence-electron chi connectivity index (χ1n) is 10.1. The van der Waals surface area contributed by atoms with Gasteiger partial charge in [-0.3, -0.25) is 4.79 Å². The lowest BCUT2D eigenvalue weighted by atomic mass is 10.0. The number of para-hydroxylation sites is 1. The van der Waals surface area contributed by atoms with E-state index in [0.29, 0.717) is 10.8 Å². The Labute approximate surface area is 184 Å². The van der Waals surface area contributed by atoms with E-state index in [1.807, 2.05) is 59.5 Å². The summed E-state index contributed by atoms with van der Waals surface area (Å²) in [5.74, 6) is 1.11. The van der Waals surface area contributed by atoms with Crippen molar-refractivity contribution in [1.82, 2.24) is 19.8 Å². The molecule has 7 nitrogen and oxygen atoms in total. The number of methoxy groups -OCH3 is 1. The number of aromatic nitrogens is 4. The minimum atomic E-state index is 0.0675. The van der Waals surface area contributed by atoms with Crippen molar-refractivity contribution in [2.24, 2.45) is 0 Å². The molecule has 0 atom stereocenters. The molecule has 0 saturated carbocycles. The summed E-state index contributed by atoms with van der Waals surface area (Å²) in [7, 11) is 1.64. The van der Waals surface area contributed by atoms with E-state index < -0.39 is 0 Å². The average molecular weight is 432 g/mol. The number of anilines is 1. The number of hydrogen-bond donors (Lipinski definition) is 0. The van der Waals surface area contributed by atoms with Crippen molar-refractivity contribution >= 4 is 29.0 Å². The van der Waals surface area contributed by atoms with Gasteiger partial charge in [-0.05, 0) is 48.7 Å². The molecule has 1 aliphatic rings. The molecule has 0 fully saturated rings. The number of ether oxygens (including phenoxy) is 1. The minimum Gasteiger partial charge on any atom is -0.497 e. The fraction of sp³-hybridized carbons (Fsp3) is 0.217. The van der Waals surface area contributed by atoms with Crippen LogP contribution < -0.4 is 9.64 Å². The Hall–Kier alpha value is -3.39. The van der Waals surface area contributed by atoms with E-state index in [9.17, 15) is 4.79 Å². The lowest BCUT2D eigenvalue weighted by molar-refractivity contribution is -0.116. The first-order valence-corrected chi connectivity index (χ1v) is 11.1. The van der Waals surface area contributed by atoms with Crippen molar-refractivity contribution in [2.75, 3.05) is 24.3 Å². The first-order chi connectivity index (χ1) is 15.2. The molecule has 0 spiro atoms. The average Bonchev–Trinajstić information content (AvgIpc) is 3.24. The van der Waals surface area contributed by atoms with Gasteiger partial charge >= 0.3 is 0 Å². The molecule has 2 aromatic heterocycles. The second kappa shape index (κ2) is 8.39. The zero-order valence-corrected chi connectivity index (χ0v) is 17.9. The van der Waals surface area contributed by atoms with Crippen molar-refractivity contribution in [3.63, 3.8) is 0 Å². The van der Waals surface area contributed by atoms with Gasteiger partial charge in [0, 0.05) is 17.8 Å². The lowest BCUT2D eigenvalue weighted by Gasteiger charge is -2.29. The Morgan fingerprint density at radius 2 is 2.00 bits per heavy atom. The standard InChI is InChI=1S/C23H21N5O2S/c1-30-18-9-4-7-17(14-18)19-11-12-21-24-25-23(28(21)26-19)31-15-22(29)27-13-5-8-16-6-2-3-10-20(16)27/h2-4,6-7,9-12,14H,5,8,13,15H2,1H3. The molecule has 156 valence electrons. The van der Waals surface area contributed by atoms with Crippen LogP contribution in [0.4, 0.5) is 5.69 Å². The van der Waals surface area contributed by atoms with E-state index in [1.165, 1.54) is 17.3 Å². The van der Waals surface area contributed by atoms with Gasteiger partial charge in [0.25, 0.3) is 0 Å². The number of hydrogen-bond acceptors (Lipinski definition) is 6. The van der Waals surface area contributed by atoms with E-state index in [2.05, 4.69) is 16.3 Å². The van der Waals surface area contributed by atoms with E-state index in [1.54, 1.807) is 11.6 Å². The highest BCUT2D eigenvalue weighted by atomic mass is 32.2. The zero-order chi connectivity index (χ0) is 21.2. The number of thioether (sulfide) groups is 1. The highest BCUT2D eigenvalue weighted by Gasteiger charge is 2.23. The quantitative estimate of drug-likeness (QED) is 0.447. The van der Waals surface area contributed by atoms with Gasteiger partial charge in [-0.2, -0.15) is 9.61 Å². The molecule has 1 amide bonds. The third-order valence-corrected chi connectivity index (χ3v) is 6.24. The molecule has 8 heteroatoms. The SMILES string of the molecule is COc1cccc(-c2ccc3nnc(SCC(=O)N4CCCc5ccccc54)n3n2)c1. The first kappa shape index (κ1) is 19.6. The molecule has 0 radical (unpaired) electrons. The number of rotatable bonds is 5. The summed E-state index contributed by atoms with van der Waals surface area (Å²) < 4.78 is 7.01. The molecule has 0 N–H and O–H groups in total. The molecule has 0 saturated heterocycles. The van der Waals surface area contributed by atoms with Crippen molar-refractivity contribution in [3.8, 4) is 17.0 Å². The molecule has 31 heavy (non-hydrogen) atoms. The van der Waals surface area contributed by atoms with Crippen molar-refractivity contribution in [2.45, 2.75) is 18.0 Å². The molecule has 0 aliphatic carbocycles. The number of nitrogens with zero attached hydrogens (tertiary/aromatic N) is 5. The fourth-order valence-electron chi connectivity index (χ4n) is 3.79. The lowest BCUT2D eigenvalue weighted by Crippen LogP contribution is -2.36. The Morgan fingerprint density at radius 3 is 2.90 bits per heavy atom. The Morgan fingerprint density at radius 1 is 1.10 bits per heavy atom. The van der Waals surface area contributed by atoms with Gasteiger partial charge in [0.15, 0.2) is 5.65 Å². The highest BCUT2D eigenvalue weighted by Crippen LogP contribution is 2.28. The third-order valence-electron chi connectivity index (χ3n) is 5.34. The summed E-state index contributed by atoms with van der Waals surface area (Å²) in [6, 6.07) is 19.6. The molecule has 4 aromatic rings. The molecule has 2 aromatic carbocycles. The highest BCUT2D eigenvalue weighted by molar-refractivity contribution is 7.99. The molecule has 0 bridgehead atoms.